The number of nitrogens with zero attached hydrogens (tertiary/aromatic N) is 1. The summed E-state index contributed by atoms with van der Waals surface area (Å²) in [5.74, 6) is 0.153. The van der Waals surface area contributed by atoms with Gasteiger partial charge in [0, 0.05) is 29.9 Å². The third kappa shape index (κ3) is 2.23. The minimum absolute atomic E-state index is 0.319. The first-order chi connectivity index (χ1) is 8.69. The van der Waals surface area contributed by atoms with Crippen LogP contribution in [0, 0.1) is 5.82 Å². The van der Waals surface area contributed by atoms with Crippen molar-refractivity contribution in [1.82, 2.24) is 4.98 Å². The summed E-state index contributed by atoms with van der Waals surface area (Å²) in [4.78, 5) is 4.55. The molecule has 0 bridgehead atoms. The number of rotatable bonds is 4. The highest BCUT2D eigenvalue weighted by molar-refractivity contribution is 5.95. The number of halogens is 1. The Hall–Kier alpha value is -1.84. The van der Waals surface area contributed by atoms with Crippen molar-refractivity contribution in [2.75, 3.05) is 19.5 Å². The maximum atomic E-state index is 13.5. The van der Waals surface area contributed by atoms with Gasteiger partial charge in [-0.1, -0.05) is 13.3 Å². The molecule has 0 saturated heterocycles. The Bertz CT molecular complexity index is 569. The molecule has 0 radical (unpaired) electrons. The molecule has 0 saturated carbocycles. The van der Waals surface area contributed by atoms with E-state index in [9.17, 15) is 4.39 Å². The van der Waals surface area contributed by atoms with E-state index < -0.39 is 0 Å². The highest BCUT2D eigenvalue weighted by Gasteiger charge is 2.11. The van der Waals surface area contributed by atoms with Gasteiger partial charge in [-0.15, -0.1) is 0 Å². The molecular formula is C14H17FN2O. The molecule has 2 rings (SSSR count). The van der Waals surface area contributed by atoms with Crippen molar-refractivity contribution < 1.29 is 9.13 Å². The second kappa shape index (κ2) is 5.21. The van der Waals surface area contributed by atoms with E-state index in [2.05, 4.69) is 17.2 Å². The Morgan fingerprint density at radius 1 is 1.33 bits per heavy atom. The number of aryl methyl sites for hydroxylation is 1. The Kier molecular flexibility index (Phi) is 3.65. The van der Waals surface area contributed by atoms with E-state index in [0.717, 1.165) is 29.6 Å². The van der Waals surface area contributed by atoms with Gasteiger partial charge in [0.25, 0.3) is 0 Å². The fourth-order valence-corrected chi connectivity index (χ4v) is 2.06. The monoisotopic (exact) mass is 248 g/mol. The summed E-state index contributed by atoms with van der Waals surface area (Å²) in [6, 6.07) is 4.81. The molecule has 0 atom stereocenters. The van der Waals surface area contributed by atoms with E-state index in [1.807, 2.05) is 13.1 Å². The molecule has 1 N–H and O–H groups in total. The smallest absolute Gasteiger partial charge is 0.148 e. The van der Waals surface area contributed by atoms with E-state index in [-0.39, 0.29) is 5.82 Å². The molecule has 0 spiro atoms. The number of hydrogen-bond donors (Lipinski definition) is 1. The molecule has 96 valence electrons. The van der Waals surface area contributed by atoms with Gasteiger partial charge in [-0.2, -0.15) is 0 Å². The van der Waals surface area contributed by atoms with Crippen LogP contribution in [0.25, 0.3) is 10.9 Å². The van der Waals surface area contributed by atoms with Crippen LogP contribution >= 0.6 is 0 Å². The zero-order valence-electron chi connectivity index (χ0n) is 10.9. The average molecular weight is 248 g/mol. The Morgan fingerprint density at radius 2 is 2.11 bits per heavy atom. The van der Waals surface area contributed by atoms with Gasteiger partial charge in [0.1, 0.15) is 17.1 Å². The van der Waals surface area contributed by atoms with E-state index in [1.165, 1.54) is 19.2 Å². The lowest BCUT2D eigenvalue weighted by Gasteiger charge is -2.11. The molecule has 2 aromatic rings. The number of anilines is 1. The Morgan fingerprint density at radius 3 is 2.72 bits per heavy atom. The summed E-state index contributed by atoms with van der Waals surface area (Å²) in [5.41, 5.74) is 2.56. The maximum Gasteiger partial charge on any atom is 0.148 e. The van der Waals surface area contributed by atoms with Crippen LogP contribution in [0.15, 0.2) is 18.2 Å². The van der Waals surface area contributed by atoms with Gasteiger partial charge in [-0.3, -0.25) is 0 Å². The van der Waals surface area contributed by atoms with E-state index in [4.69, 9.17) is 4.74 Å². The summed E-state index contributed by atoms with van der Waals surface area (Å²) in [6.07, 6.45) is 1.91. The Balaban J connectivity index is 2.74. The number of methoxy groups -OCH3 is 1. The van der Waals surface area contributed by atoms with Crippen LogP contribution < -0.4 is 10.1 Å². The van der Waals surface area contributed by atoms with Crippen LogP contribution in [-0.4, -0.2) is 19.1 Å². The molecule has 0 unspecified atom stereocenters. The van der Waals surface area contributed by atoms with Crippen molar-refractivity contribution in [3.8, 4) is 5.75 Å². The van der Waals surface area contributed by atoms with Gasteiger partial charge in [-0.05, 0) is 18.6 Å². The summed E-state index contributed by atoms with van der Waals surface area (Å²) in [7, 11) is 3.35. The van der Waals surface area contributed by atoms with E-state index >= 15 is 0 Å². The van der Waals surface area contributed by atoms with Crippen molar-refractivity contribution in [3.05, 3.63) is 29.7 Å². The number of fused-ring (bicyclic) bond motifs is 1. The molecule has 1 heterocycles. The number of benzene rings is 1. The summed E-state index contributed by atoms with van der Waals surface area (Å²) in [5, 5.41) is 3.83. The number of nitrogens with one attached hydrogen (secondary N) is 1. The highest BCUT2D eigenvalue weighted by atomic mass is 19.1. The van der Waals surface area contributed by atoms with Gasteiger partial charge in [0.15, 0.2) is 0 Å². The van der Waals surface area contributed by atoms with Crippen LogP contribution in [0.3, 0.4) is 0 Å². The SMILES string of the molecule is CCCc1cc(NC)c2cc(F)cc(OC)c2n1. The summed E-state index contributed by atoms with van der Waals surface area (Å²) >= 11 is 0. The predicted molar refractivity (Wildman–Crippen MR) is 71.8 cm³/mol. The van der Waals surface area contributed by atoms with Crippen LogP contribution in [0.1, 0.15) is 19.0 Å². The quantitative estimate of drug-likeness (QED) is 0.900. The lowest BCUT2D eigenvalue weighted by Crippen LogP contribution is -1.99. The first-order valence-electron chi connectivity index (χ1n) is 6.04. The van der Waals surface area contributed by atoms with Crippen molar-refractivity contribution in [3.63, 3.8) is 0 Å². The molecule has 0 aliphatic carbocycles. The number of hydrogen-bond acceptors (Lipinski definition) is 3. The number of aromatic nitrogens is 1. The largest absolute Gasteiger partial charge is 0.494 e. The Labute approximate surface area is 106 Å². The molecule has 18 heavy (non-hydrogen) atoms. The van der Waals surface area contributed by atoms with Crippen molar-refractivity contribution >= 4 is 16.6 Å². The van der Waals surface area contributed by atoms with Crippen molar-refractivity contribution in [2.45, 2.75) is 19.8 Å². The standard InChI is InChI=1S/C14H17FN2O/c1-4-5-10-8-12(16-2)11-6-9(15)7-13(18-3)14(11)17-10/h6-8H,4-5H2,1-3H3,(H,16,17). The second-order valence-electron chi connectivity index (χ2n) is 4.17. The lowest BCUT2D eigenvalue weighted by molar-refractivity contribution is 0.415. The third-order valence-electron chi connectivity index (χ3n) is 2.89. The minimum atomic E-state index is -0.319. The van der Waals surface area contributed by atoms with Crippen molar-refractivity contribution in [1.29, 1.82) is 0 Å². The second-order valence-corrected chi connectivity index (χ2v) is 4.17. The van der Waals surface area contributed by atoms with Gasteiger partial charge >= 0.3 is 0 Å². The van der Waals surface area contributed by atoms with Gasteiger partial charge in [-0.25, -0.2) is 9.37 Å². The van der Waals surface area contributed by atoms with Gasteiger partial charge < -0.3 is 10.1 Å². The lowest BCUT2D eigenvalue weighted by atomic mass is 10.1. The van der Waals surface area contributed by atoms with E-state index in [0.29, 0.717) is 11.3 Å². The van der Waals surface area contributed by atoms with Crippen LogP contribution in [-0.2, 0) is 6.42 Å². The first kappa shape index (κ1) is 12.6. The van der Waals surface area contributed by atoms with Crippen LogP contribution in [0.4, 0.5) is 10.1 Å². The zero-order chi connectivity index (χ0) is 13.1. The topological polar surface area (TPSA) is 34.1 Å². The average Bonchev–Trinajstić information content (AvgIpc) is 2.37. The van der Waals surface area contributed by atoms with Crippen LogP contribution in [0.5, 0.6) is 5.75 Å². The first-order valence-corrected chi connectivity index (χ1v) is 6.04. The molecule has 0 aliphatic heterocycles. The fourth-order valence-electron chi connectivity index (χ4n) is 2.06. The molecule has 0 aliphatic rings. The molecular weight excluding hydrogens is 231 g/mol. The van der Waals surface area contributed by atoms with Crippen LogP contribution in [0.2, 0.25) is 0 Å². The molecule has 1 aromatic carbocycles. The molecule has 0 fully saturated rings. The van der Waals surface area contributed by atoms with Gasteiger partial charge in [0.2, 0.25) is 0 Å². The van der Waals surface area contributed by atoms with Gasteiger partial charge in [0.05, 0.1) is 7.11 Å². The fraction of sp³-hybridized carbons (Fsp3) is 0.357. The zero-order valence-corrected chi connectivity index (χ0v) is 10.9. The predicted octanol–water partition coefficient (Wildman–Crippen LogP) is 3.38. The number of ether oxygens (including phenoxy) is 1. The summed E-state index contributed by atoms with van der Waals surface area (Å²) in [6.45, 7) is 2.10. The molecule has 4 heteroatoms. The van der Waals surface area contributed by atoms with Crippen molar-refractivity contribution in [2.24, 2.45) is 0 Å². The molecule has 0 amide bonds. The minimum Gasteiger partial charge on any atom is -0.494 e. The summed E-state index contributed by atoms with van der Waals surface area (Å²) < 4.78 is 18.7. The van der Waals surface area contributed by atoms with E-state index in [1.54, 1.807) is 0 Å². The normalized spacial score (nSPS) is 10.7. The third-order valence-corrected chi connectivity index (χ3v) is 2.89. The molecule has 1 aromatic heterocycles. The highest BCUT2D eigenvalue weighted by Crippen LogP contribution is 2.31. The maximum absolute atomic E-state index is 13.5. The molecule has 3 nitrogen and oxygen atoms in total. The number of pyridine rings is 1.